The molecule has 27 heavy (non-hydrogen) atoms. The maximum absolute atomic E-state index is 12.7. The number of ether oxygens (including phenoxy) is 1. The predicted octanol–water partition coefficient (Wildman–Crippen LogP) is 3.39. The molecule has 0 bridgehead atoms. The van der Waals surface area contributed by atoms with Crippen LogP contribution < -0.4 is 5.32 Å². The summed E-state index contributed by atoms with van der Waals surface area (Å²) in [4.78, 5) is 32.0. The lowest BCUT2D eigenvalue weighted by atomic mass is 10.2. The number of nitrogens with zero attached hydrogens (tertiary/aromatic N) is 3. The second kappa shape index (κ2) is 8.73. The maximum atomic E-state index is 12.7. The van der Waals surface area contributed by atoms with Crippen LogP contribution in [0.3, 0.4) is 0 Å². The molecule has 0 radical (unpaired) electrons. The molecule has 3 rings (SSSR count). The average molecular weight is 389 g/mol. The van der Waals surface area contributed by atoms with Gasteiger partial charge in [0.15, 0.2) is 0 Å². The fraction of sp³-hybridized carbons (Fsp3) is 0.316. The molecule has 2 aromatic rings. The number of benzene rings is 1. The Balaban J connectivity index is 1.64. The second-order valence-electron chi connectivity index (χ2n) is 6.01. The van der Waals surface area contributed by atoms with E-state index in [1.165, 1.54) is 0 Å². The van der Waals surface area contributed by atoms with E-state index in [0.717, 1.165) is 11.4 Å². The lowest BCUT2D eigenvalue weighted by Crippen LogP contribution is -2.50. The summed E-state index contributed by atoms with van der Waals surface area (Å²) >= 11 is 6.16. The molecule has 0 unspecified atom stereocenters. The summed E-state index contributed by atoms with van der Waals surface area (Å²) in [5.41, 5.74) is 1.83. The highest BCUT2D eigenvalue weighted by atomic mass is 35.5. The van der Waals surface area contributed by atoms with E-state index in [2.05, 4.69) is 10.3 Å². The van der Waals surface area contributed by atoms with Crippen LogP contribution in [0.1, 0.15) is 17.4 Å². The third-order valence-corrected chi connectivity index (χ3v) is 4.55. The monoisotopic (exact) mass is 388 g/mol. The first-order chi connectivity index (χ1) is 13.1. The number of pyridine rings is 1. The zero-order valence-electron chi connectivity index (χ0n) is 15.0. The minimum atomic E-state index is -0.339. The van der Waals surface area contributed by atoms with Crippen LogP contribution in [0, 0.1) is 0 Å². The number of halogens is 1. The van der Waals surface area contributed by atoms with Gasteiger partial charge in [-0.3, -0.25) is 9.78 Å². The van der Waals surface area contributed by atoms with E-state index in [-0.39, 0.29) is 12.0 Å². The second-order valence-corrected chi connectivity index (χ2v) is 6.42. The molecular formula is C19H21ClN4O3. The Labute approximate surface area is 162 Å². The Morgan fingerprint density at radius 2 is 1.85 bits per heavy atom. The van der Waals surface area contributed by atoms with Crippen molar-refractivity contribution in [3.05, 3.63) is 53.3 Å². The van der Waals surface area contributed by atoms with Crippen LogP contribution in [-0.4, -0.2) is 59.6 Å². The van der Waals surface area contributed by atoms with E-state index in [4.69, 9.17) is 16.3 Å². The molecule has 1 aliphatic heterocycles. The van der Waals surface area contributed by atoms with E-state index in [1.807, 2.05) is 18.2 Å². The minimum Gasteiger partial charge on any atom is -0.450 e. The fourth-order valence-electron chi connectivity index (χ4n) is 2.81. The van der Waals surface area contributed by atoms with Gasteiger partial charge >= 0.3 is 6.09 Å². The van der Waals surface area contributed by atoms with Crippen LogP contribution in [-0.2, 0) is 4.74 Å². The Kier molecular flexibility index (Phi) is 6.13. The van der Waals surface area contributed by atoms with Crippen molar-refractivity contribution >= 4 is 35.0 Å². The zero-order chi connectivity index (χ0) is 19.2. The van der Waals surface area contributed by atoms with Gasteiger partial charge in [-0.25, -0.2) is 4.79 Å². The SMILES string of the molecule is CCOC(=O)N1CCN(C(=O)c2cc(Nc3ccccc3Cl)ccn2)CC1. The molecule has 0 atom stereocenters. The summed E-state index contributed by atoms with van der Waals surface area (Å²) < 4.78 is 5.00. The smallest absolute Gasteiger partial charge is 0.409 e. The van der Waals surface area contributed by atoms with Crippen LogP contribution in [0.25, 0.3) is 0 Å². The van der Waals surface area contributed by atoms with E-state index >= 15 is 0 Å². The van der Waals surface area contributed by atoms with Crippen LogP contribution in [0.4, 0.5) is 16.2 Å². The lowest BCUT2D eigenvalue weighted by molar-refractivity contribution is 0.0566. The van der Waals surface area contributed by atoms with E-state index in [0.29, 0.717) is 43.5 Å². The summed E-state index contributed by atoms with van der Waals surface area (Å²) in [6.07, 6.45) is 1.25. The molecular weight excluding hydrogens is 368 g/mol. The maximum Gasteiger partial charge on any atom is 0.409 e. The Morgan fingerprint density at radius 1 is 1.15 bits per heavy atom. The first kappa shape index (κ1) is 19.0. The average Bonchev–Trinajstić information content (AvgIpc) is 2.70. The summed E-state index contributed by atoms with van der Waals surface area (Å²) in [6.45, 7) is 3.90. The standard InChI is InChI=1S/C19H21ClN4O3/c1-2-27-19(26)24-11-9-23(10-12-24)18(25)17-13-14(7-8-21-17)22-16-6-4-3-5-15(16)20/h3-8,13H,2,9-12H2,1H3,(H,21,22). The number of hydrogen-bond acceptors (Lipinski definition) is 5. The molecule has 1 saturated heterocycles. The van der Waals surface area contributed by atoms with Gasteiger partial charge in [-0.05, 0) is 31.2 Å². The number of rotatable bonds is 4. The summed E-state index contributed by atoms with van der Waals surface area (Å²) in [5.74, 6) is -0.165. The normalized spacial score (nSPS) is 14.0. The molecule has 1 fully saturated rings. The molecule has 8 heteroatoms. The lowest BCUT2D eigenvalue weighted by Gasteiger charge is -2.33. The van der Waals surface area contributed by atoms with Gasteiger partial charge in [0.05, 0.1) is 17.3 Å². The summed E-state index contributed by atoms with van der Waals surface area (Å²) in [7, 11) is 0. The number of para-hydroxylation sites is 1. The molecule has 0 saturated carbocycles. The summed E-state index contributed by atoms with van der Waals surface area (Å²) in [5, 5.41) is 3.79. The Bertz CT molecular complexity index is 822. The molecule has 0 aliphatic carbocycles. The predicted molar refractivity (Wildman–Crippen MR) is 103 cm³/mol. The number of piperazine rings is 1. The highest BCUT2D eigenvalue weighted by molar-refractivity contribution is 6.33. The van der Waals surface area contributed by atoms with Crippen LogP contribution in [0.5, 0.6) is 0 Å². The zero-order valence-corrected chi connectivity index (χ0v) is 15.8. The van der Waals surface area contributed by atoms with Crippen molar-refractivity contribution in [3.63, 3.8) is 0 Å². The van der Waals surface area contributed by atoms with Crippen LogP contribution in [0.2, 0.25) is 5.02 Å². The van der Waals surface area contributed by atoms with Gasteiger partial charge in [-0.2, -0.15) is 0 Å². The number of hydrogen-bond donors (Lipinski definition) is 1. The molecule has 1 aliphatic rings. The molecule has 7 nitrogen and oxygen atoms in total. The quantitative estimate of drug-likeness (QED) is 0.868. The molecule has 1 aromatic carbocycles. The highest BCUT2D eigenvalue weighted by Gasteiger charge is 2.26. The van der Waals surface area contributed by atoms with Crippen molar-refractivity contribution in [3.8, 4) is 0 Å². The number of amides is 2. The van der Waals surface area contributed by atoms with Crippen molar-refractivity contribution in [2.24, 2.45) is 0 Å². The minimum absolute atomic E-state index is 0.165. The molecule has 142 valence electrons. The first-order valence-corrected chi connectivity index (χ1v) is 9.15. The molecule has 1 N–H and O–H groups in total. The topological polar surface area (TPSA) is 74.8 Å². The summed E-state index contributed by atoms with van der Waals surface area (Å²) in [6, 6.07) is 10.9. The number of carbonyl (C=O) groups is 2. The van der Waals surface area contributed by atoms with Gasteiger partial charge in [-0.1, -0.05) is 23.7 Å². The number of anilines is 2. The molecule has 1 aromatic heterocycles. The number of nitrogens with one attached hydrogen (secondary N) is 1. The van der Waals surface area contributed by atoms with Gasteiger partial charge in [-0.15, -0.1) is 0 Å². The van der Waals surface area contributed by atoms with Crippen molar-refractivity contribution in [2.75, 3.05) is 38.1 Å². The Hall–Kier alpha value is -2.80. The largest absolute Gasteiger partial charge is 0.450 e. The van der Waals surface area contributed by atoms with E-state index in [1.54, 1.807) is 41.1 Å². The molecule has 2 heterocycles. The first-order valence-electron chi connectivity index (χ1n) is 8.77. The van der Waals surface area contributed by atoms with Gasteiger partial charge in [0.2, 0.25) is 0 Å². The van der Waals surface area contributed by atoms with Gasteiger partial charge < -0.3 is 19.9 Å². The van der Waals surface area contributed by atoms with Crippen LogP contribution >= 0.6 is 11.6 Å². The molecule has 2 amide bonds. The van der Waals surface area contributed by atoms with E-state index < -0.39 is 0 Å². The third-order valence-electron chi connectivity index (χ3n) is 4.22. The third kappa shape index (κ3) is 4.68. The van der Waals surface area contributed by atoms with Crippen LogP contribution in [0.15, 0.2) is 42.6 Å². The van der Waals surface area contributed by atoms with Crippen molar-refractivity contribution in [2.45, 2.75) is 6.92 Å². The van der Waals surface area contributed by atoms with Crippen molar-refractivity contribution in [1.29, 1.82) is 0 Å². The number of carbonyl (C=O) groups excluding carboxylic acids is 2. The van der Waals surface area contributed by atoms with Crippen molar-refractivity contribution < 1.29 is 14.3 Å². The van der Waals surface area contributed by atoms with Gasteiger partial charge in [0.1, 0.15) is 5.69 Å². The highest BCUT2D eigenvalue weighted by Crippen LogP contribution is 2.25. The van der Waals surface area contributed by atoms with Crippen molar-refractivity contribution in [1.82, 2.24) is 14.8 Å². The molecule has 0 spiro atoms. The van der Waals surface area contributed by atoms with E-state index in [9.17, 15) is 9.59 Å². The van der Waals surface area contributed by atoms with Gasteiger partial charge in [0.25, 0.3) is 5.91 Å². The fourth-order valence-corrected chi connectivity index (χ4v) is 3.00. The number of aromatic nitrogens is 1. The van der Waals surface area contributed by atoms with Gasteiger partial charge in [0, 0.05) is 38.1 Å². The Morgan fingerprint density at radius 3 is 2.56 bits per heavy atom.